The molecule has 28 nitrogen and oxygen atoms in total. The summed E-state index contributed by atoms with van der Waals surface area (Å²) >= 11 is 0. The Kier molecular flexibility index (Phi) is 27.4. The van der Waals surface area contributed by atoms with Crippen molar-refractivity contribution in [1.29, 1.82) is 0 Å². The van der Waals surface area contributed by atoms with E-state index in [0.29, 0.717) is 22.2 Å². The van der Waals surface area contributed by atoms with Crippen LogP contribution in [0.4, 0.5) is 0 Å². The molecule has 15 atom stereocenters. The van der Waals surface area contributed by atoms with Crippen LogP contribution in [0, 0.1) is 5.92 Å². The van der Waals surface area contributed by atoms with Gasteiger partial charge in [0.15, 0.2) is 6.23 Å². The second-order valence-electron chi connectivity index (χ2n) is 19.9. The Morgan fingerprint density at radius 2 is 1.30 bits per heavy atom. The third kappa shape index (κ3) is 18.1. The second-order valence-corrected chi connectivity index (χ2v) is 20.9. The minimum Gasteiger partial charge on any atom is -0.780 e. The Hall–Kier alpha value is -3.88. The molecule has 434 valence electrons. The number of carbonyl (C=O) groups excluding carboxylic acids is 7. The van der Waals surface area contributed by atoms with Crippen molar-refractivity contribution in [1.82, 2.24) is 36.4 Å². The molecule has 3 aliphatic heterocycles. The monoisotopic (exact) mass is 1170 g/mol. The fraction of sp³-hybridized carbons (Fsp3) is 0.612. The van der Waals surface area contributed by atoms with Gasteiger partial charge in [0.05, 0.1) is 24.9 Å². The van der Waals surface area contributed by atoms with Crippen molar-refractivity contribution < 1.29 is 162 Å². The number of nitrogens with zero attached hydrogens (tertiary/aromatic N) is 2. The van der Waals surface area contributed by atoms with Crippen LogP contribution < -0.4 is 105 Å². The number of aliphatic hydroxyl groups excluding tert-OH is 8. The van der Waals surface area contributed by atoms with Gasteiger partial charge in [-0.05, 0) is 62.2 Å². The van der Waals surface area contributed by atoms with E-state index >= 15 is 0 Å². The smallest absolute Gasteiger partial charge is 0.780 e. The maximum absolute atomic E-state index is 14.4. The molecule has 0 aromatic heterocycles. The van der Waals surface area contributed by atoms with Crippen molar-refractivity contribution in [3.8, 4) is 11.5 Å². The first-order valence-corrected chi connectivity index (χ1v) is 26.9. The molecule has 3 heterocycles. The van der Waals surface area contributed by atoms with Crippen molar-refractivity contribution in [3.63, 3.8) is 0 Å². The third-order valence-corrected chi connectivity index (χ3v) is 14.1. The number of unbranched alkanes of at least 4 members (excludes halogenated alkanes) is 5. The summed E-state index contributed by atoms with van der Waals surface area (Å²) < 4.78 is 21.2. The first-order chi connectivity index (χ1) is 36.6. The van der Waals surface area contributed by atoms with Crippen LogP contribution in [0.2, 0.25) is 0 Å². The van der Waals surface area contributed by atoms with Gasteiger partial charge in [0.2, 0.25) is 29.4 Å². The van der Waals surface area contributed by atoms with Crippen LogP contribution in [0.1, 0.15) is 101 Å². The van der Waals surface area contributed by atoms with E-state index in [1.807, 2.05) is 5.32 Å². The molecule has 5 rings (SSSR count). The second kappa shape index (κ2) is 31.1. The predicted molar refractivity (Wildman–Crippen MR) is 264 cm³/mol. The van der Waals surface area contributed by atoms with Gasteiger partial charge in [-0.25, -0.2) is 0 Å². The number of benzene rings is 2. The maximum Gasteiger partial charge on any atom is 1.00 e. The van der Waals surface area contributed by atoms with Gasteiger partial charge in [-0.15, -0.1) is 0 Å². The zero-order valence-corrected chi connectivity index (χ0v) is 50.1. The van der Waals surface area contributed by atoms with Gasteiger partial charge in [0, 0.05) is 37.4 Å². The Balaban J connectivity index is 0.00000840. The van der Waals surface area contributed by atoms with Crippen molar-refractivity contribution in [2.45, 2.75) is 164 Å². The maximum atomic E-state index is 14.4. The van der Waals surface area contributed by atoms with E-state index < -0.39 is 172 Å². The summed E-state index contributed by atoms with van der Waals surface area (Å²) in [5.41, 5.74) is -3.73. The number of carbonyl (C=O) groups is 7. The van der Waals surface area contributed by atoms with Crippen LogP contribution in [0.5, 0.6) is 11.5 Å². The summed E-state index contributed by atoms with van der Waals surface area (Å²) in [6.07, 6.45) is -12.4. The molecule has 2 aromatic carbocycles. The first kappa shape index (κ1) is 70.4. The summed E-state index contributed by atoms with van der Waals surface area (Å²) in [5.74, 6) is -11.0. The molecule has 14 N–H and O–H groups in total. The third-order valence-electron chi connectivity index (χ3n) is 13.7. The van der Waals surface area contributed by atoms with Crippen LogP contribution in [-0.4, -0.2) is 196 Å². The number of hydrogen-bond donors (Lipinski definition) is 14. The van der Waals surface area contributed by atoms with Gasteiger partial charge in [-0.2, -0.15) is 0 Å². The summed E-state index contributed by atoms with van der Waals surface area (Å²) in [6.45, 7) is 4.46. The van der Waals surface area contributed by atoms with Gasteiger partial charge in [-0.3, -0.25) is 33.6 Å². The van der Waals surface area contributed by atoms with E-state index in [2.05, 4.69) is 32.7 Å². The molecule has 3 aliphatic rings. The molecule has 31 heteroatoms. The van der Waals surface area contributed by atoms with Crippen molar-refractivity contribution in [2.24, 2.45) is 5.92 Å². The number of aliphatic hydroxyl groups is 9. The van der Waals surface area contributed by atoms with Crippen molar-refractivity contribution >= 4 is 49.2 Å². The fourth-order valence-corrected chi connectivity index (χ4v) is 9.65. The fourth-order valence-electron chi connectivity index (χ4n) is 9.27. The number of phosphoric ester groups is 1. The number of rotatable bonds is 17. The first-order valence-electron chi connectivity index (χ1n) is 25.5. The average Bonchev–Trinajstić information content (AvgIpc) is 3.89. The van der Waals surface area contributed by atoms with Crippen LogP contribution >= 0.6 is 7.82 Å². The van der Waals surface area contributed by atoms with E-state index in [1.54, 1.807) is 0 Å². The Morgan fingerprint density at radius 1 is 0.750 bits per heavy atom. The van der Waals surface area contributed by atoms with E-state index in [9.17, 15) is 93.9 Å². The van der Waals surface area contributed by atoms with Crippen LogP contribution in [0.15, 0.2) is 48.5 Å². The molecule has 0 radical (unpaired) electrons. The van der Waals surface area contributed by atoms with Gasteiger partial charge in [0.1, 0.15) is 73.9 Å². The number of amides is 7. The summed E-state index contributed by atoms with van der Waals surface area (Å²) in [5, 5.41) is 112. The van der Waals surface area contributed by atoms with Crippen LogP contribution in [-0.2, 0) is 33.3 Å². The molecule has 0 spiro atoms. The molecule has 80 heavy (non-hydrogen) atoms. The Labute approximate surface area is 505 Å². The summed E-state index contributed by atoms with van der Waals surface area (Å²) in [4.78, 5) is 123. The Bertz CT molecular complexity index is 2480. The van der Waals surface area contributed by atoms with Gasteiger partial charge >= 0.3 is 59.1 Å². The summed E-state index contributed by atoms with van der Waals surface area (Å²) in [6, 6.07) is -1.14. The minimum absolute atomic E-state index is 0. The molecule has 0 bridgehead atoms. The van der Waals surface area contributed by atoms with E-state index in [4.69, 9.17) is 4.74 Å². The van der Waals surface area contributed by atoms with Gasteiger partial charge < -0.3 is 106 Å². The number of fused-ring (bicyclic) bond motifs is 2. The zero-order chi connectivity index (χ0) is 58.0. The number of hydrogen-bond acceptors (Lipinski definition) is 21. The van der Waals surface area contributed by atoms with Crippen LogP contribution in [0.3, 0.4) is 0 Å². The predicted octanol–water partition coefficient (Wildman–Crippen LogP) is -11.3. The van der Waals surface area contributed by atoms with Crippen molar-refractivity contribution in [3.05, 3.63) is 59.7 Å². The van der Waals surface area contributed by atoms with Gasteiger partial charge in [-0.1, -0.05) is 58.1 Å². The van der Waals surface area contributed by atoms with E-state index in [-0.39, 0.29) is 70.2 Å². The van der Waals surface area contributed by atoms with Gasteiger partial charge in [0.25, 0.3) is 17.7 Å². The largest absolute Gasteiger partial charge is 1.00 e. The molecule has 0 saturated carbocycles. The van der Waals surface area contributed by atoms with Crippen LogP contribution in [0.25, 0.3) is 0 Å². The van der Waals surface area contributed by atoms with E-state index in [1.165, 1.54) is 31.2 Å². The quantitative estimate of drug-likeness (QED) is 0.0397. The number of nitrogens with one attached hydrogen (secondary N) is 5. The Morgan fingerprint density at radius 3 is 1.89 bits per heavy atom. The standard InChI is InChI=1S/C49H72N7O21P.2Na/c1-5-6-7-8-9-10-19-76-30-15-13-28(14-16-30)41(64)50-32-21-34(60)44(67)54-48(71)49(72)40(63)24(2)22-56(49)47(70)36(26(4)58)52-45(68)37(39(62)38(61)27-11-17-31(18-12-27)77-78(73,74)75)53-43(66)33-20-29(59)23-55(33)46(69)35(25(3)57)51-42(32)65;;/h11-18,24-26,29,32-40,44,57-63,67,72H,5-10,19-23H2,1-4H3,(H,50,64)(H,51,65)(H,52,68)(H,53,66)(H,54,71)(H2,73,74,75);;/q;2*+1/p-2/t24-,25+,26+,29+,32-,33-,34+,35-,36-,37-,38-,39-,40-,44+,49+;;/m0../s1. The molecular formula is C49H70N7Na2O21P. The zero-order valence-electron chi connectivity index (χ0n) is 45.2. The summed E-state index contributed by atoms with van der Waals surface area (Å²) in [7, 11) is -5.56. The number of phosphoric acid groups is 1. The normalized spacial score (nSPS) is 28.8. The molecular weight excluding hydrogens is 1100 g/mol. The molecule has 0 aliphatic carbocycles. The molecule has 3 fully saturated rings. The molecule has 0 unspecified atom stereocenters. The molecule has 2 aromatic rings. The molecule has 7 amide bonds. The van der Waals surface area contributed by atoms with Crippen molar-refractivity contribution in [2.75, 3.05) is 19.7 Å². The topological polar surface area (TPSA) is 450 Å². The SMILES string of the molecule is CCCCCCCCOc1ccc(C(=O)N[C@H]2C[C@@H](O)[C@@H](O)NC(=O)[C@]3(O)[C@@H](O)[C@@H](C)CN3C(=O)[C@H]([C@@H](C)O)NC(=O)[C@H]([C@H](O)[C@@H](O)c3ccc(OP(=O)([O-])[O-])cc3)NC(=O)[C@@H]3C[C@@H](O)CN3C(=O)[C@H]([C@@H](C)O)NC2=O)cc1.[Na+].[Na+]. The average molecular weight is 1170 g/mol. The van der Waals surface area contributed by atoms with E-state index in [0.717, 1.165) is 76.6 Å². The minimum atomic E-state index is -5.56. The number of ether oxygens (including phenoxy) is 1. The molecule has 3 saturated heterocycles.